The van der Waals surface area contributed by atoms with Crippen LogP contribution in [0, 0.1) is 23.2 Å². The summed E-state index contributed by atoms with van der Waals surface area (Å²) in [6.45, 7) is 3.14. The van der Waals surface area contributed by atoms with E-state index >= 15 is 0 Å². The highest BCUT2D eigenvalue weighted by Crippen LogP contribution is 2.58. The maximum atomic E-state index is 13.4. The van der Waals surface area contributed by atoms with Gasteiger partial charge >= 0.3 is 0 Å². The molecule has 40 heavy (non-hydrogen) atoms. The molecular weight excluding hydrogens is 556 g/mol. The van der Waals surface area contributed by atoms with E-state index in [1.807, 2.05) is 12.2 Å². The van der Waals surface area contributed by atoms with Gasteiger partial charge in [-0.05, 0) is 43.0 Å². The topological polar surface area (TPSA) is 145 Å². The standard InChI is InChI=1S/C28H32N2O8S2/c1-2-14-28-15-13-21(20-28)24(26(31)29-16-18-37-39(33,34)22-9-5-3-6-10-22)25(28)27(32)30-17-19-38-40(35,36)23-11-7-4-8-12-23/h2-13,15,21,24-25H,1,14,16-20H2,(H,29,31)(H,30,32). The summed E-state index contributed by atoms with van der Waals surface area (Å²) < 4.78 is 59.3. The highest BCUT2D eigenvalue weighted by Gasteiger charge is 2.59. The van der Waals surface area contributed by atoms with Crippen molar-refractivity contribution in [2.45, 2.75) is 22.6 Å². The van der Waals surface area contributed by atoms with Gasteiger partial charge in [0.05, 0.1) is 34.8 Å². The lowest BCUT2D eigenvalue weighted by atomic mass is 9.70. The first-order chi connectivity index (χ1) is 19.1. The van der Waals surface area contributed by atoms with Gasteiger partial charge in [0.15, 0.2) is 0 Å². The third-order valence-corrected chi connectivity index (χ3v) is 9.84. The lowest BCUT2D eigenvalue weighted by Gasteiger charge is -2.34. The molecule has 214 valence electrons. The minimum atomic E-state index is -3.97. The Hall–Kier alpha value is -3.32. The second-order valence-electron chi connectivity index (χ2n) is 9.72. The van der Waals surface area contributed by atoms with Crippen molar-refractivity contribution in [1.82, 2.24) is 10.6 Å². The van der Waals surface area contributed by atoms with Crippen LogP contribution in [0.25, 0.3) is 0 Å². The molecule has 2 bridgehead atoms. The molecule has 4 atom stereocenters. The summed E-state index contributed by atoms with van der Waals surface area (Å²) in [7, 11) is -7.93. The van der Waals surface area contributed by atoms with Gasteiger partial charge in [-0.25, -0.2) is 0 Å². The molecule has 4 rings (SSSR count). The summed E-state index contributed by atoms with van der Waals surface area (Å²) >= 11 is 0. The number of hydrogen-bond donors (Lipinski definition) is 2. The smallest absolute Gasteiger partial charge is 0.297 e. The molecule has 0 heterocycles. The van der Waals surface area contributed by atoms with Gasteiger partial charge in [-0.3, -0.25) is 18.0 Å². The third kappa shape index (κ3) is 6.52. The molecule has 1 fully saturated rings. The Bertz CT molecular complexity index is 1460. The van der Waals surface area contributed by atoms with Crippen LogP contribution in [0.15, 0.2) is 95.3 Å². The fourth-order valence-electron chi connectivity index (χ4n) is 5.48. The fraction of sp³-hybridized carbons (Fsp3) is 0.357. The number of hydrogen-bond acceptors (Lipinski definition) is 8. The third-order valence-electron chi connectivity index (χ3n) is 7.18. The van der Waals surface area contributed by atoms with Gasteiger partial charge in [0.1, 0.15) is 0 Å². The SMILES string of the molecule is C=CCC12C=CC(C1)C(C(=O)NCCOS(=O)(=O)c1ccccc1)C2C(=O)NCCOS(=O)(=O)c1ccccc1. The van der Waals surface area contributed by atoms with Crippen LogP contribution < -0.4 is 10.6 Å². The van der Waals surface area contributed by atoms with Gasteiger partial charge in [-0.15, -0.1) is 6.58 Å². The van der Waals surface area contributed by atoms with Crippen LogP contribution in [0.3, 0.4) is 0 Å². The molecule has 2 aliphatic carbocycles. The summed E-state index contributed by atoms with van der Waals surface area (Å²) in [5.41, 5.74) is -0.595. The highest BCUT2D eigenvalue weighted by atomic mass is 32.2. The van der Waals surface area contributed by atoms with Crippen LogP contribution >= 0.6 is 0 Å². The average Bonchev–Trinajstić information content (AvgIpc) is 3.51. The Balaban J connectivity index is 1.35. The van der Waals surface area contributed by atoms with Crippen molar-refractivity contribution in [3.8, 4) is 0 Å². The molecule has 0 radical (unpaired) electrons. The number of nitrogens with one attached hydrogen (secondary N) is 2. The van der Waals surface area contributed by atoms with E-state index in [-0.39, 0.29) is 47.9 Å². The van der Waals surface area contributed by atoms with Crippen molar-refractivity contribution in [3.05, 3.63) is 85.5 Å². The number of benzene rings is 2. The summed E-state index contributed by atoms with van der Waals surface area (Å²) in [6.07, 6.45) is 6.68. The molecule has 2 amide bonds. The van der Waals surface area contributed by atoms with Gasteiger partial charge in [-0.2, -0.15) is 16.8 Å². The van der Waals surface area contributed by atoms with Crippen LogP contribution in [-0.2, 0) is 38.2 Å². The lowest BCUT2D eigenvalue weighted by Crippen LogP contribution is -2.48. The van der Waals surface area contributed by atoms with E-state index in [0.29, 0.717) is 12.8 Å². The second-order valence-corrected chi connectivity index (χ2v) is 12.9. The van der Waals surface area contributed by atoms with Crippen molar-refractivity contribution in [1.29, 1.82) is 0 Å². The molecule has 0 saturated heterocycles. The summed E-state index contributed by atoms with van der Waals surface area (Å²) in [5.74, 6) is -2.37. The van der Waals surface area contributed by atoms with Gasteiger partial charge in [0.25, 0.3) is 20.2 Å². The molecule has 2 aromatic rings. The quantitative estimate of drug-likeness (QED) is 0.195. The molecule has 10 nitrogen and oxygen atoms in total. The number of allylic oxidation sites excluding steroid dienone is 3. The summed E-state index contributed by atoms with van der Waals surface area (Å²) in [4.78, 5) is 26.7. The maximum Gasteiger partial charge on any atom is 0.297 e. The maximum absolute atomic E-state index is 13.4. The van der Waals surface area contributed by atoms with Crippen LogP contribution in [-0.4, -0.2) is 55.0 Å². The predicted octanol–water partition coefficient (Wildman–Crippen LogP) is 2.41. The fourth-order valence-corrected chi connectivity index (χ4v) is 7.34. The predicted molar refractivity (Wildman–Crippen MR) is 147 cm³/mol. The molecule has 0 aliphatic heterocycles. The molecule has 12 heteroatoms. The van der Waals surface area contributed by atoms with Crippen LogP contribution in [0.2, 0.25) is 0 Å². The molecular formula is C28H32N2O8S2. The summed E-state index contributed by atoms with van der Waals surface area (Å²) in [5, 5.41) is 5.44. The molecule has 4 unspecified atom stereocenters. The van der Waals surface area contributed by atoms with Gasteiger partial charge in [0.2, 0.25) is 11.8 Å². The van der Waals surface area contributed by atoms with Gasteiger partial charge in [-0.1, -0.05) is 54.6 Å². The zero-order valence-electron chi connectivity index (χ0n) is 21.8. The minimum absolute atomic E-state index is 0.0155. The van der Waals surface area contributed by atoms with Crippen molar-refractivity contribution >= 4 is 32.1 Å². The van der Waals surface area contributed by atoms with E-state index in [0.717, 1.165) is 0 Å². The van der Waals surface area contributed by atoms with Gasteiger partial charge in [0, 0.05) is 18.5 Å². The average molecular weight is 589 g/mol. The molecule has 1 saturated carbocycles. The minimum Gasteiger partial charge on any atom is -0.353 e. The monoisotopic (exact) mass is 588 g/mol. The van der Waals surface area contributed by atoms with E-state index in [2.05, 4.69) is 17.2 Å². The van der Waals surface area contributed by atoms with Crippen LogP contribution in [0.5, 0.6) is 0 Å². The number of carbonyl (C=O) groups excluding carboxylic acids is 2. The van der Waals surface area contributed by atoms with Gasteiger partial charge < -0.3 is 10.6 Å². The summed E-state index contributed by atoms with van der Waals surface area (Å²) in [6, 6.07) is 15.4. The van der Waals surface area contributed by atoms with E-state index in [1.54, 1.807) is 42.5 Å². The first-order valence-electron chi connectivity index (χ1n) is 12.8. The zero-order valence-corrected chi connectivity index (χ0v) is 23.4. The number of amides is 2. The molecule has 0 aromatic heterocycles. The van der Waals surface area contributed by atoms with Crippen molar-refractivity contribution in [3.63, 3.8) is 0 Å². The van der Waals surface area contributed by atoms with Crippen molar-refractivity contribution < 1.29 is 34.8 Å². The molecule has 2 aromatic carbocycles. The van der Waals surface area contributed by atoms with Crippen molar-refractivity contribution in [2.75, 3.05) is 26.3 Å². The normalized spacial score (nSPS) is 23.6. The zero-order chi connectivity index (χ0) is 28.8. The number of rotatable bonds is 14. The first kappa shape index (κ1) is 29.7. The highest BCUT2D eigenvalue weighted by molar-refractivity contribution is 7.87. The Morgan fingerprint density at radius 1 is 0.850 bits per heavy atom. The van der Waals surface area contributed by atoms with Crippen LogP contribution in [0.1, 0.15) is 12.8 Å². The second kappa shape index (κ2) is 12.5. The number of fused-ring (bicyclic) bond motifs is 2. The van der Waals surface area contributed by atoms with Crippen molar-refractivity contribution in [2.24, 2.45) is 23.2 Å². The Morgan fingerprint density at radius 3 is 1.85 bits per heavy atom. The Kier molecular flexibility index (Phi) is 9.24. The van der Waals surface area contributed by atoms with E-state index in [9.17, 15) is 26.4 Å². The molecule has 2 aliphatic rings. The largest absolute Gasteiger partial charge is 0.353 e. The Labute approximate surface area is 234 Å². The van der Waals surface area contributed by atoms with Crippen LogP contribution in [0.4, 0.5) is 0 Å². The molecule has 2 N–H and O–H groups in total. The van der Waals surface area contributed by atoms with E-state index in [4.69, 9.17) is 8.37 Å². The van der Waals surface area contributed by atoms with E-state index < -0.39 is 43.4 Å². The lowest BCUT2D eigenvalue weighted by molar-refractivity contribution is -0.137. The Morgan fingerprint density at radius 2 is 1.35 bits per heavy atom. The van der Waals surface area contributed by atoms with E-state index in [1.165, 1.54) is 24.3 Å². The first-order valence-corrected chi connectivity index (χ1v) is 15.7. The molecule has 0 spiro atoms. The number of carbonyl (C=O) groups is 2.